The third kappa shape index (κ3) is 2.71. The van der Waals surface area contributed by atoms with Gasteiger partial charge in [0, 0.05) is 0 Å². The number of ether oxygens (including phenoxy) is 1. The van der Waals surface area contributed by atoms with Crippen LogP contribution in [0.1, 0.15) is 26.3 Å². The monoisotopic (exact) mass is 177 g/mol. The molecule has 4 nitrogen and oxygen atoms in total. The normalized spacial score (nSPS) is 10.6. The number of hydrogen-bond donors (Lipinski definition) is 0. The third-order valence-corrected chi connectivity index (χ3v) is 1.20. The Kier molecular flexibility index (Phi) is 2.47. The molecule has 0 unspecified atom stereocenters. The number of nitriles is 1. The molecule has 13 heavy (non-hydrogen) atoms. The van der Waals surface area contributed by atoms with Crippen molar-refractivity contribution in [2.45, 2.75) is 26.4 Å². The highest BCUT2D eigenvalue weighted by atomic mass is 16.5. The maximum absolute atomic E-state index is 8.71. The maximum atomic E-state index is 8.71. The minimum atomic E-state index is -0.347. The highest BCUT2D eigenvalue weighted by molar-refractivity contribution is 5.34. The van der Waals surface area contributed by atoms with Gasteiger partial charge in [0.05, 0.1) is 6.20 Å². The first-order valence-corrected chi connectivity index (χ1v) is 3.92. The minimum absolute atomic E-state index is 0.338. The second-order valence-corrected chi connectivity index (χ2v) is 3.57. The van der Waals surface area contributed by atoms with Gasteiger partial charge in [-0.25, -0.2) is 9.97 Å². The Morgan fingerprint density at radius 2 is 2.15 bits per heavy atom. The quantitative estimate of drug-likeness (QED) is 0.652. The molecule has 0 aliphatic carbocycles. The van der Waals surface area contributed by atoms with E-state index < -0.39 is 0 Å². The molecule has 1 aromatic heterocycles. The van der Waals surface area contributed by atoms with Crippen molar-refractivity contribution >= 4 is 0 Å². The maximum Gasteiger partial charge on any atom is 0.235 e. The van der Waals surface area contributed by atoms with Crippen molar-refractivity contribution in [3.8, 4) is 11.9 Å². The second kappa shape index (κ2) is 3.40. The van der Waals surface area contributed by atoms with Crippen molar-refractivity contribution in [1.29, 1.82) is 5.26 Å². The van der Waals surface area contributed by atoms with Crippen LogP contribution in [0.2, 0.25) is 0 Å². The van der Waals surface area contributed by atoms with E-state index in [2.05, 4.69) is 9.97 Å². The topological polar surface area (TPSA) is 58.8 Å². The van der Waals surface area contributed by atoms with Gasteiger partial charge in [-0.05, 0) is 20.8 Å². The van der Waals surface area contributed by atoms with Crippen LogP contribution < -0.4 is 4.74 Å². The molecular formula is C9H11N3O. The van der Waals surface area contributed by atoms with E-state index in [0.717, 1.165) is 0 Å². The lowest BCUT2D eigenvalue weighted by atomic mass is 10.2. The van der Waals surface area contributed by atoms with Crippen molar-refractivity contribution in [2.75, 3.05) is 0 Å². The number of aromatic nitrogens is 2. The van der Waals surface area contributed by atoms with Crippen LogP contribution in [0.25, 0.3) is 0 Å². The highest BCUT2D eigenvalue weighted by Gasteiger charge is 2.15. The average molecular weight is 177 g/mol. The SMILES string of the molecule is CC(C)(C)Oc1ncncc1C#N. The Hall–Kier alpha value is -1.63. The molecule has 0 saturated heterocycles. The van der Waals surface area contributed by atoms with E-state index in [9.17, 15) is 0 Å². The first-order valence-electron chi connectivity index (χ1n) is 3.92. The molecule has 1 rings (SSSR count). The van der Waals surface area contributed by atoms with Crippen molar-refractivity contribution < 1.29 is 4.74 Å². The molecule has 0 atom stereocenters. The highest BCUT2D eigenvalue weighted by Crippen LogP contribution is 2.17. The van der Waals surface area contributed by atoms with Crippen LogP contribution in [-0.2, 0) is 0 Å². The lowest BCUT2D eigenvalue weighted by Crippen LogP contribution is -2.24. The van der Waals surface area contributed by atoms with Crippen LogP contribution in [0.15, 0.2) is 12.5 Å². The van der Waals surface area contributed by atoms with Crippen molar-refractivity contribution in [2.24, 2.45) is 0 Å². The number of nitrogens with zero attached hydrogens (tertiary/aromatic N) is 3. The van der Waals surface area contributed by atoms with Gasteiger partial charge in [0.25, 0.3) is 0 Å². The van der Waals surface area contributed by atoms with Gasteiger partial charge in [-0.3, -0.25) is 0 Å². The van der Waals surface area contributed by atoms with E-state index in [0.29, 0.717) is 11.4 Å². The molecule has 4 heteroatoms. The van der Waals surface area contributed by atoms with E-state index in [4.69, 9.17) is 10.00 Å². The average Bonchev–Trinajstić information content (AvgIpc) is 2.02. The largest absolute Gasteiger partial charge is 0.471 e. The molecular weight excluding hydrogens is 166 g/mol. The molecule has 0 aliphatic rings. The lowest BCUT2D eigenvalue weighted by molar-refractivity contribution is 0.123. The Balaban J connectivity index is 2.96. The summed E-state index contributed by atoms with van der Waals surface area (Å²) in [6, 6.07) is 1.97. The zero-order chi connectivity index (χ0) is 9.90. The molecule has 0 amide bonds. The van der Waals surface area contributed by atoms with Gasteiger partial charge in [0.1, 0.15) is 23.6 Å². The van der Waals surface area contributed by atoms with Gasteiger partial charge in [0.15, 0.2) is 0 Å². The minimum Gasteiger partial charge on any atom is -0.471 e. The van der Waals surface area contributed by atoms with Gasteiger partial charge < -0.3 is 4.74 Å². The predicted octanol–water partition coefficient (Wildman–Crippen LogP) is 1.53. The standard InChI is InChI=1S/C9H11N3O/c1-9(2,3)13-8-7(4-10)5-11-6-12-8/h5-6H,1-3H3. The molecule has 0 spiro atoms. The molecule has 0 bridgehead atoms. The molecule has 0 N–H and O–H groups in total. The molecule has 1 aromatic rings. The smallest absolute Gasteiger partial charge is 0.235 e. The fourth-order valence-corrected chi connectivity index (χ4v) is 0.766. The third-order valence-electron chi connectivity index (χ3n) is 1.20. The fourth-order valence-electron chi connectivity index (χ4n) is 0.766. The van der Waals surface area contributed by atoms with Gasteiger partial charge in [-0.15, -0.1) is 0 Å². The molecule has 0 aromatic carbocycles. The summed E-state index contributed by atoms with van der Waals surface area (Å²) in [6.45, 7) is 5.70. The summed E-state index contributed by atoms with van der Waals surface area (Å²) in [6.07, 6.45) is 2.80. The molecule has 0 fully saturated rings. The molecule has 0 saturated carbocycles. The second-order valence-electron chi connectivity index (χ2n) is 3.57. The molecule has 0 radical (unpaired) electrons. The summed E-state index contributed by atoms with van der Waals surface area (Å²) in [5.41, 5.74) is 0.0115. The Morgan fingerprint density at radius 3 is 2.69 bits per heavy atom. The van der Waals surface area contributed by atoms with E-state index in [1.54, 1.807) is 0 Å². The van der Waals surface area contributed by atoms with E-state index in [1.807, 2.05) is 26.8 Å². The predicted molar refractivity (Wildman–Crippen MR) is 47.1 cm³/mol. The summed E-state index contributed by atoms with van der Waals surface area (Å²) in [5.74, 6) is 0.338. The molecule has 68 valence electrons. The fraction of sp³-hybridized carbons (Fsp3) is 0.444. The van der Waals surface area contributed by atoms with Crippen LogP contribution >= 0.6 is 0 Å². The number of rotatable bonds is 1. The van der Waals surface area contributed by atoms with Gasteiger partial charge in [-0.1, -0.05) is 0 Å². The van der Waals surface area contributed by atoms with Gasteiger partial charge >= 0.3 is 0 Å². The summed E-state index contributed by atoms with van der Waals surface area (Å²) < 4.78 is 5.45. The van der Waals surface area contributed by atoms with Gasteiger partial charge in [0.2, 0.25) is 5.88 Å². The first-order chi connectivity index (χ1) is 6.03. The molecule has 1 heterocycles. The van der Waals surface area contributed by atoms with Crippen molar-refractivity contribution in [3.05, 3.63) is 18.1 Å². The summed E-state index contributed by atoms with van der Waals surface area (Å²) in [4.78, 5) is 7.61. The van der Waals surface area contributed by atoms with Crippen molar-refractivity contribution in [3.63, 3.8) is 0 Å². The van der Waals surface area contributed by atoms with Gasteiger partial charge in [-0.2, -0.15) is 5.26 Å². The van der Waals surface area contributed by atoms with Crippen molar-refractivity contribution in [1.82, 2.24) is 9.97 Å². The summed E-state index contributed by atoms with van der Waals surface area (Å²) in [5, 5.41) is 8.71. The Morgan fingerprint density at radius 1 is 1.46 bits per heavy atom. The van der Waals surface area contributed by atoms with Crippen LogP contribution in [0.4, 0.5) is 0 Å². The van der Waals surface area contributed by atoms with Crippen LogP contribution in [0.3, 0.4) is 0 Å². The zero-order valence-corrected chi connectivity index (χ0v) is 7.90. The van der Waals surface area contributed by atoms with E-state index in [-0.39, 0.29) is 5.60 Å². The van der Waals surface area contributed by atoms with Crippen LogP contribution in [0.5, 0.6) is 5.88 Å². The van der Waals surface area contributed by atoms with E-state index in [1.165, 1.54) is 12.5 Å². The Bertz CT molecular complexity index is 335. The Labute approximate surface area is 77.2 Å². The summed E-state index contributed by atoms with van der Waals surface area (Å²) >= 11 is 0. The summed E-state index contributed by atoms with van der Waals surface area (Å²) in [7, 11) is 0. The first kappa shape index (κ1) is 9.46. The molecule has 0 aliphatic heterocycles. The van der Waals surface area contributed by atoms with Crippen LogP contribution in [0, 0.1) is 11.3 Å². The number of hydrogen-bond acceptors (Lipinski definition) is 4. The van der Waals surface area contributed by atoms with E-state index >= 15 is 0 Å². The van der Waals surface area contributed by atoms with Crippen LogP contribution in [-0.4, -0.2) is 15.6 Å². The lowest BCUT2D eigenvalue weighted by Gasteiger charge is -2.20. The zero-order valence-electron chi connectivity index (χ0n) is 7.90.